The van der Waals surface area contributed by atoms with Gasteiger partial charge in [-0.1, -0.05) is 67.1 Å². The van der Waals surface area contributed by atoms with Gasteiger partial charge >= 0.3 is 0 Å². The first-order valence-corrected chi connectivity index (χ1v) is 16.2. The maximum absolute atomic E-state index is 4.19. The van der Waals surface area contributed by atoms with Crippen molar-refractivity contribution in [2.24, 2.45) is 17.8 Å². The fourth-order valence-corrected chi connectivity index (χ4v) is 9.10. The molecule has 0 aromatic heterocycles. The number of rotatable bonds is 7. The second kappa shape index (κ2) is 11.3. The molecule has 4 heteroatoms. The molecule has 3 aromatic carbocycles. The number of nitrogens with one attached hydrogen (secondary N) is 1. The molecule has 1 saturated carbocycles. The van der Waals surface area contributed by atoms with Gasteiger partial charge in [0.1, 0.15) is 0 Å². The van der Waals surface area contributed by atoms with Gasteiger partial charge < -0.3 is 15.1 Å². The van der Waals surface area contributed by atoms with E-state index in [9.17, 15) is 0 Å². The third-order valence-corrected chi connectivity index (χ3v) is 11.2. The van der Waals surface area contributed by atoms with E-state index in [0.717, 1.165) is 24.3 Å². The van der Waals surface area contributed by atoms with Crippen molar-refractivity contribution in [1.29, 1.82) is 0 Å². The number of piperidine rings is 1. The highest BCUT2D eigenvalue weighted by atomic mass is 32.2. The third kappa shape index (κ3) is 5.16. The predicted molar refractivity (Wildman–Crippen MR) is 164 cm³/mol. The Hall–Kier alpha value is -2.27. The highest BCUT2D eigenvalue weighted by Gasteiger charge is 2.50. The lowest BCUT2D eigenvalue weighted by atomic mass is 9.63. The maximum Gasteiger partial charge on any atom is 0.0495 e. The molecule has 3 aromatic rings. The van der Waals surface area contributed by atoms with E-state index in [-0.39, 0.29) is 5.54 Å². The van der Waals surface area contributed by atoms with Crippen molar-refractivity contribution in [2.75, 3.05) is 44.2 Å². The molecule has 7 rings (SSSR count). The van der Waals surface area contributed by atoms with Crippen LogP contribution < -0.4 is 10.2 Å². The Morgan fingerprint density at radius 2 is 1.41 bits per heavy atom. The molecule has 0 bridgehead atoms. The molecule has 0 spiro atoms. The minimum atomic E-state index is 0.218. The molecule has 4 aliphatic rings. The summed E-state index contributed by atoms with van der Waals surface area (Å²) in [7, 11) is 0. The van der Waals surface area contributed by atoms with Crippen molar-refractivity contribution >= 4 is 17.4 Å². The molecular weight excluding hydrogens is 494 g/mol. The molecule has 3 aliphatic heterocycles. The van der Waals surface area contributed by atoms with E-state index in [4.69, 9.17) is 0 Å². The van der Waals surface area contributed by atoms with Gasteiger partial charge in [-0.25, -0.2) is 0 Å². The van der Waals surface area contributed by atoms with Gasteiger partial charge in [0, 0.05) is 53.1 Å². The van der Waals surface area contributed by atoms with Gasteiger partial charge in [0.25, 0.3) is 0 Å². The summed E-state index contributed by atoms with van der Waals surface area (Å²) in [6.45, 7) is 7.36. The number of hydrogen-bond donors (Lipinski definition) is 1. The average Bonchev–Trinajstić information content (AvgIpc) is 3.52. The van der Waals surface area contributed by atoms with Gasteiger partial charge in [-0.2, -0.15) is 0 Å². The highest BCUT2D eigenvalue weighted by Crippen LogP contribution is 2.50. The van der Waals surface area contributed by atoms with Gasteiger partial charge in [-0.15, -0.1) is 0 Å². The zero-order chi connectivity index (χ0) is 26.1. The first kappa shape index (κ1) is 25.7. The van der Waals surface area contributed by atoms with Crippen molar-refractivity contribution in [3.63, 3.8) is 0 Å². The highest BCUT2D eigenvalue weighted by molar-refractivity contribution is 7.99. The van der Waals surface area contributed by atoms with Crippen LogP contribution in [0.2, 0.25) is 0 Å². The molecule has 3 nitrogen and oxygen atoms in total. The van der Waals surface area contributed by atoms with E-state index < -0.39 is 0 Å². The molecular formula is C35H43N3S. The SMILES string of the molecule is c1ccc(Sc2ccc(N3CC(CN4CCC(C5(C6CCCC6)NCCc6ccccc65)CC4)C3)cc2)cc1. The zero-order valence-corrected chi connectivity index (χ0v) is 24.0. The Morgan fingerprint density at radius 3 is 2.18 bits per heavy atom. The van der Waals surface area contributed by atoms with Crippen molar-refractivity contribution in [3.8, 4) is 0 Å². The van der Waals surface area contributed by atoms with Gasteiger partial charge in [0.15, 0.2) is 0 Å². The summed E-state index contributed by atoms with van der Waals surface area (Å²) in [4.78, 5) is 7.97. The summed E-state index contributed by atoms with van der Waals surface area (Å²) in [6.07, 6.45) is 9.53. The van der Waals surface area contributed by atoms with Crippen LogP contribution in [-0.2, 0) is 12.0 Å². The molecule has 39 heavy (non-hydrogen) atoms. The summed E-state index contributed by atoms with van der Waals surface area (Å²) in [5.74, 6) is 2.38. The van der Waals surface area contributed by atoms with Crippen LogP contribution in [0.25, 0.3) is 0 Å². The molecule has 204 valence electrons. The monoisotopic (exact) mass is 537 g/mol. The molecule has 2 saturated heterocycles. The number of fused-ring (bicyclic) bond motifs is 1. The lowest BCUT2D eigenvalue weighted by Crippen LogP contribution is -2.59. The number of anilines is 1. The number of nitrogens with zero attached hydrogens (tertiary/aromatic N) is 2. The van der Waals surface area contributed by atoms with Crippen molar-refractivity contribution < 1.29 is 0 Å². The number of benzene rings is 3. The van der Waals surface area contributed by atoms with Gasteiger partial charge in [0.05, 0.1) is 0 Å². The van der Waals surface area contributed by atoms with Crippen LogP contribution in [0.3, 0.4) is 0 Å². The fourth-order valence-electron chi connectivity index (χ4n) is 8.27. The quantitative estimate of drug-likeness (QED) is 0.343. The normalized spacial score (nSPS) is 25.0. The Bertz CT molecular complexity index is 1220. The molecule has 3 heterocycles. The lowest BCUT2D eigenvalue weighted by Gasteiger charge is -2.53. The largest absolute Gasteiger partial charge is 0.371 e. The van der Waals surface area contributed by atoms with E-state index in [2.05, 4.69) is 94.0 Å². The molecule has 1 atom stereocenters. The molecule has 3 fully saturated rings. The minimum Gasteiger partial charge on any atom is -0.371 e. The van der Waals surface area contributed by atoms with E-state index in [0.29, 0.717) is 0 Å². The Balaban J connectivity index is 0.937. The van der Waals surface area contributed by atoms with Crippen LogP contribution >= 0.6 is 11.8 Å². The molecule has 1 N–H and O–H groups in total. The minimum absolute atomic E-state index is 0.218. The van der Waals surface area contributed by atoms with Crippen LogP contribution in [-0.4, -0.2) is 44.2 Å². The van der Waals surface area contributed by atoms with Crippen LogP contribution in [0.15, 0.2) is 88.7 Å². The molecule has 0 amide bonds. The molecule has 1 unspecified atom stereocenters. The number of likely N-dealkylation sites (tertiary alicyclic amines) is 1. The van der Waals surface area contributed by atoms with Crippen molar-refractivity contribution in [3.05, 3.63) is 90.0 Å². The second-order valence-corrected chi connectivity index (χ2v) is 13.6. The topological polar surface area (TPSA) is 18.5 Å². The first-order valence-electron chi connectivity index (χ1n) is 15.4. The number of hydrogen-bond acceptors (Lipinski definition) is 4. The predicted octanol–water partition coefficient (Wildman–Crippen LogP) is 7.22. The van der Waals surface area contributed by atoms with E-state index in [1.165, 1.54) is 93.1 Å². The standard InChI is InChI=1S/C35H43N3S/c1-2-11-32(12-3-1)39-33-16-14-31(15-17-33)38-25-27(26-38)24-37-22-19-30(20-23-37)35(29-9-5-6-10-29)34-13-7-4-8-28(34)18-21-36-35/h1-4,7-8,11-17,27,29-30,36H,5-6,9-10,18-26H2. The fraction of sp³-hybridized carbons (Fsp3) is 0.486. The Labute approximate surface area is 239 Å². The Morgan fingerprint density at radius 1 is 0.744 bits per heavy atom. The maximum atomic E-state index is 4.19. The second-order valence-electron chi connectivity index (χ2n) is 12.4. The van der Waals surface area contributed by atoms with Gasteiger partial charge in [0.2, 0.25) is 0 Å². The van der Waals surface area contributed by atoms with E-state index in [1.807, 2.05) is 11.8 Å². The first-order chi connectivity index (χ1) is 19.3. The van der Waals surface area contributed by atoms with Crippen LogP contribution in [0.5, 0.6) is 0 Å². The van der Waals surface area contributed by atoms with Crippen LogP contribution in [0, 0.1) is 17.8 Å². The average molecular weight is 538 g/mol. The summed E-state index contributed by atoms with van der Waals surface area (Å²) < 4.78 is 0. The third-order valence-electron chi connectivity index (χ3n) is 10.2. The van der Waals surface area contributed by atoms with E-state index in [1.54, 1.807) is 11.1 Å². The molecule has 0 radical (unpaired) electrons. The Kier molecular flexibility index (Phi) is 7.45. The van der Waals surface area contributed by atoms with Crippen molar-refractivity contribution in [2.45, 2.75) is 60.3 Å². The summed E-state index contributed by atoms with van der Waals surface area (Å²) in [5.41, 5.74) is 4.87. The molecule has 1 aliphatic carbocycles. The van der Waals surface area contributed by atoms with Crippen molar-refractivity contribution in [1.82, 2.24) is 10.2 Å². The van der Waals surface area contributed by atoms with E-state index >= 15 is 0 Å². The summed E-state index contributed by atoms with van der Waals surface area (Å²) >= 11 is 1.84. The van der Waals surface area contributed by atoms with Gasteiger partial charge in [-0.3, -0.25) is 0 Å². The lowest BCUT2D eigenvalue weighted by molar-refractivity contribution is 0.0492. The summed E-state index contributed by atoms with van der Waals surface area (Å²) in [6, 6.07) is 29.3. The smallest absolute Gasteiger partial charge is 0.0495 e. The van der Waals surface area contributed by atoms with Crippen LogP contribution in [0.1, 0.15) is 49.7 Å². The zero-order valence-electron chi connectivity index (χ0n) is 23.2. The van der Waals surface area contributed by atoms with Gasteiger partial charge in [-0.05, 0) is 105 Å². The summed E-state index contributed by atoms with van der Waals surface area (Å²) in [5, 5.41) is 4.19. The van der Waals surface area contributed by atoms with Crippen LogP contribution in [0.4, 0.5) is 5.69 Å².